The first-order valence-electron chi connectivity index (χ1n) is 6.58. The van der Waals surface area contributed by atoms with Crippen LogP contribution in [0, 0.1) is 13.8 Å². The molecule has 0 aliphatic carbocycles. The van der Waals surface area contributed by atoms with Crippen molar-refractivity contribution >= 4 is 32.4 Å². The van der Waals surface area contributed by atoms with Gasteiger partial charge in [0.2, 0.25) is 0 Å². The molecule has 0 aliphatic heterocycles. The average molecular weight is 330 g/mol. The van der Waals surface area contributed by atoms with E-state index in [1.165, 1.54) is 16.3 Å². The summed E-state index contributed by atoms with van der Waals surface area (Å²) < 4.78 is 1.12. The lowest BCUT2D eigenvalue weighted by Gasteiger charge is -2.11. The van der Waals surface area contributed by atoms with E-state index < -0.39 is 0 Å². The topological polar surface area (TPSA) is 40.7 Å². The van der Waals surface area contributed by atoms with Crippen LogP contribution in [0.15, 0.2) is 40.9 Å². The van der Waals surface area contributed by atoms with Crippen molar-refractivity contribution in [2.45, 2.75) is 20.4 Å². The molecule has 0 radical (unpaired) electrons. The van der Waals surface area contributed by atoms with Crippen LogP contribution in [0.25, 0.3) is 10.8 Å². The second-order valence-corrected chi connectivity index (χ2v) is 5.76. The average Bonchev–Trinajstić information content (AvgIpc) is 2.78. The lowest BCUT2D eigenvalue weighted by Crippen LogP contribution is -2.02. The van der Waals surface area contributed by atoms with Crippen LogP contribution in [0.5, 0.6) is 0 Å². The molecular formula is C16H16BrN3. The van der Waals surface area contributed by atoms with Crippen LogP contribution in [0.4, 0.5) is 5.69 Å². The Morgan fingerprint density at radius 2 is 1.85 bits per heavy atom. The molecule has 0 fully saturated rings. The predicted octanol–water partition coefficient (Wildman–Crippen LogP) is 4.55. The van der Waals surface area contributed by atoms with Gasteiger partial charge in [0.25, 0.3) is 0 Å². The highest BCUT2D eigenvalue weighted by Gasteiger charge is 2.08. The van der Waals surface area contributed by atoms with Crippen LogP contribution in [-0.4, -0.2) is 10.2 Å². The van der Waals surface area contributed by atoms with Crippen molar-refractivity contribution in [1.29, 1.82) is 0 Å². The van der Waals surface area contributed by atoms with Gasteiger partial charge in [-0.05, 0) is 31.4 Å². The fourth-order valence-electron chi connectivity index (χ4n) is 2.43. The number of aromatic amines is 1. The molecule has 2 aromatic carbocycles. The maximum Gasteiger partial charge on any atom is 0.0643 e. The van der Waals surface area contributed by atoms with Gasteiger partial charge >= 0.3 is 0 Å². The minimum atomic E-state index is 0.778. The van der Waals surface area contributed by atoms with Crippen molar-refractivity contribution in [2.24, 2.45) is 0 Å². The number of halogens is 1. The van der Waals surface area contributed by atoms with Crippen LogP contribution >= 0.6 is 15.9 Å². The molecule has 0 saturated carbocycles. The van der Waals surface area contributed by atoms with Crippen LogP contribution in [0.3, 0.4) is 0 Å². The van der Waals surface area contributed by atoms with Gasteiger partial charge in [-0.1, -0.05) is 40.2 Å². The first kappa shape index (κ1) is 13.2. The number of rotatable bonds is 3. The highest BCUT2D eigenvalue weighted by atomic mass is 79.9. The summed E-state index contributed by atoms with van der Waals surface area (Å²) in [5.74, 6) is 0. The van der Waals surface area contributed by atoms with Crippen molar-refractivity contribution in [3.05, 3.63) is 57.8 Å². The Balaban J connectivity index is 1.94. The van der Waals surface area contributed by atoms with Crippen molar-refractivity contribution in [1.82, 2.24) is 10.2 Å². The molecule has 4 heteroatoms. The normalized spacial score (nSPS) is 10.9. The number of fused-ring (bicyclic) bond motifs is 1. The molecule has 2 N–H and O–H groups in total. The van der Waals surface area contributed by atoms with Crippen molar-refractivity contribution in [3.8, 4) is 0 Å². The smallest absolute Gasteiger partial charge is 0.0643 e. The Bertz CT molecular complexity index is 742. The predicted molar refractivity (Wildman–Crippen MR) is 87.0 cm³/mol. The molecule has 0 unspecified atom stereocenters. The van der Waals surface area contributed by atoms with Gasteiger partial charge in [0, 0.05) is 33.3 Å². The molecule has 20 heavy (non-hydrogen) atoms. The lowest BCUT2D eigenvalue weighted by atomic mass is 10.1. The molecule has 0 aliphatic rings. The van der Waals surface area contributed by atoms with Gasteiger partial charge in [-0.25, -0.2) is 0 Å². The number of benzene rings is 2. The third-order valence-corrected chi connectivity index (χ3v) is 4.30. The minimum Gasteiger partial charge on any atom is -0.380 e. The molecule has 3 aromatic rings. The molecule has 0 atom stereocenters. The summed E-state index contributed by atoms with van der Waals surface area (Å²) in [6.07, 6.45) is 0. The zero-order chi connectivity index (χ0) is 14.1. The van der Waals surface area contributed by atoms with Gasteiger partial charge in [-0.3, -0.25) is 5.10 Å². The molecule has 102 valence electrons. The maximum absolute atomic E-state index is 4.23. The van der Waals surface area contributed by atoms with E-state index in [4.69, 9.17) is 0 Å². The van der Waals surface area contributed by atoms with Gasteiger partial charge in [0.15, 0.2) is 0 Å². The number of anilines is 1. The van der Waals surface area contributed by atoms with Crippen molar-refractivity contribution in [3.63, 3.8) is 0 Å². The van der Waals surface area contributed by atoms with Gasteiger partial charge in [-0.2, -0.15) is 5.10 Å². The SMILES string of the molecule is Cc1n[nH]c(C)c1CNc1ccc(Br)c2ccccc12. The first-order valence-corrected chi connectivity index (χ1v) is 7.37. The Labute approximate surface area is 126 Å². The quantitative estimate of drug-likeness (QED) is 0.739. The number of hydrogen-bond acceptors (Lipinski definition) is 2. The second-order valence-electron chi connectivity index (χ2n) is 4.91. The molecular weight excluding hydrogens is 314 g/mol. The number of hydrogen-bond donors (Lipinski definition) is 2. The van der Waals surface area contributed by atoms with E-state index in [1.807, 2.05) is 6.92 Å². The zero-order valence-electron chi connectivity index (χ0n) is 11.5. The van der Waals surface area contributed by atoms with Crippen molar-refractivity contribution < 1.29 is 0 Å². The monoisotopic (exact) mass is 329 g/mol. The van der Waals surface area contributed by atoms with E-state index in [9.17, 15) is 0 Å². The summed E-state index contributed by atoms with van der Waals surface area (Å²) in [6.45, 7) is 4.86. The lowest BCUT2D eigenvalue weighted by molar-refractivity contribution is 1.02. The first-order chi connectivity index (χ1) is 9.66. The minimum absolute atomic E-state index is 0.778. The summed E-state index contributed by atoms with van der Waals surface area (Å²) in [4.78, 5) is 0. The highest BCUT2D eigenvalue weighted by Crippen LogP contribution is 2.30. The van der Waals surface area contributed by atoms with E-state index in [0.717, 1.165) is 28.1 Å². The van der Waals surface area contributed by atoms with Crippen molar-refractivity contribution in [2.75, 3.05) is 5.32 Å². The zero-order valence-corrected chi connectivity index (χ0v) is 13.1. The van der Waals surface area contributed by atoms with Crippen LogP contribution < -0.4 is 5.32 Å². The Morgan fingerprint density at radius 1 is 1.10 bits per heavy atom. The number of aromatic nitrogens is 2. The molecule has 0 spiro atoms. The fraction of sp³-hybridized carbons (Fsp3) is 0.188. The second kappa shape index (κ2) is 5.29. The summed E-state index contributed by atoms with van der Waals surface area (Å²) in [5.41, 5.74) is 4.55. The van der Waals surface area contributed by atoms with Crippen LogP contribution in [0.1, 0.15) is 17.0 Å². The highest BCUT2D eigenvalue weighted by molar-refractivity contribution is 9.10. The Morgan fingerprint density at radius 3 is 2.55 bits per heavy atom. The molecule has 1 aromatic heterocycles. The molecule has 3 rings (SSSR count). The van der Waals surface area contributed by atoms with Gasteiger partial charge in [-0.15, -0.1) is 0 Å². The number of aryl methyl sites for hydroxylation is 2. The molecule has 3 nitrogen and oxygen atoms in total. The molecule has 0 saturated heterocycles. The fourth-order valence-corrected chi connectivity index (χ4v) is 2.91. The molecule has 0 amide bonds. The number of nitrogens with one attached hydrogen (secondary N) is 2. The molecule has 1 heterocycles. The summed E-state index contributed by atoms with van der Waals surface area (Å²) in [5, 5.41) is 13.2. The van der Waals surface area contributed by atoms with Gasteiger partial charge in [0.05, 0.1) is 5.69 Å². The molecule has 0 bridgehead atoms. The Kier molecular flexibility index (Phi) is 3.49. The van der Waals surface area contributed by atoms with Gasteiger partial charge in [0.1, 0.15) is 0 Å². The van der Waals surface area contributed by atoms with E-state index in [-0.39, 0.29) is 0 Å². The van der Waals surface area contributed by atoms with E-state index in [2.05, 4.69) is 74.8 Å². The van der Waals surface area contributed by atoms with Gasteiger partial charge < -0.3 is 5.32 Å². The third kappa shape index (κ3) is 2.31. The van der Waals surface area contributed by atoms with Crippen LogP contribution in [-0.2, 0) is 6.54 Å². The summed E-state index contributed by atoms with van der Waals surface area (Å²) >= 11 is 3.60. The van der Waals surface area contributed by atoms with E-state index in [0.29, 0.717) is 0 Å². The van der Waals surface area contributed by atoms with Crippen LogP contribution in [0.2, 0.25) is 0 Å². The third-order valence-electron chi connectivity index (χ3n) is 3.61. The number of H-pyrrole nitrogens is 1. The Hall–Kier alpha value is -1.81. The summed E-state index contributed by atoms with van der Waals surface area (Å²) in [7, 11) is 0. The maximum atomic E-state index is 4.23. The summed E-state index contributed by atoms with van der Waals surface area (Å²) in [6, 6.07) is 12.6. The standard InChI is InChI=1S/C16H16BrN3/c1-10-14(11(2)20-19-10)9-18-16-8-7-15(17)12-5-3-4-6-13(12)16/h3-8,18H,9H2,1-2H3,(H,19,20). The number of nitrogens with zero attached hydrogens (tertiary/aromatic N) is 1. The van der Waals surface area contributed by atoms with E-state index in [1.54, 1.807) is 0 Å². The largest absolute Gasteiger partial charge is 0.380 e. The van der Waals surface area contributed by atoms with E-state index >= 15 is 0 Å².